The van der Waals surface area contributed by atoms with Gasteiger partial charge in [0.15, 0.2) is 0 Å². The lowest BCUT2D eigenvalue weighted by molar-refractivity contribution is 0.397. The van der Waals surface area contributed by atoms with Crippen molar-refractivity contribution in [3.05, 3.63) is 33.8 Å². The van der Waals surface area contributed by atoms with Gasteiger partial charge in [-0.15, -0.1) is 0 Å². The Bertz CT molecular complexity index is 433. The fourth-order valence-electron chi connectivity index (χ4n) is 2.57. The number of nitrogens with one attached hydrogen (secondary N) is 1. The van der Waals surface area contributed by atoms with Crippen molar-refractivity contribution in [1.29, 1.82) is 0 Å². The van der Waals surface area contributed by atoms with Gasteiger partial charge >= 0.3 is 7.12 Å². The van der Waals surface area contributed by atoms with Gasteiger partial charge < -0.3 is 15.4 Å². The monoisotopic (exact) mass is 345 g/mol. The van der Waals surface area contributed by atoms with E-state index in [9.17, 15) is 0 Å². The van der Waals surface area contributed by atoms with Crippen LogP contribution in [0.2, 0.25) is 16.4 Å². The summed E-state index contributed by atoms with van der Waals surface area (Å²) in [5.74, 6) is 0. The van der Waals surface area contributed by atoms with E-state index >= 15 is 0 Å². The molecule has 1 rings (SSSR count). The molecule has 0 saturated carbocycles. The molecule has 0 bridgehead atoms. The van der Waals surface area contributed by atoms with Crippen LogP contribution in [0.4, 0.5) is 0 Å². The molecule has 124 valence electrons. The van der Waals surface area contributed by atoms with Crippen LogP contribution in [-0.2, 0) is 6.42 Å². The lowest BCUT2D eigenvalue weighted by atomic mass is 9.83. The van der Waals surface area contributed by atoms with Gasteiger partial charge in [-0.05, 0) is 56.7 Å². The first-order valence-corrected chi connectivity index (χ1v) is 8.76. The molecule has 0 aliphatic carbocycles. The van der Waals surface area contributed by atoms with Gasteiger partial charge in [0.05, 0.1) is 10.0 Å². The number of unbranched alkanes of at least 4 members (excludes halogenated alkanes) is 2. The van der Waals surface area contributed by atoms with Gasteiger partial charge in [0.25, 0.3) is 0 Å². The van der Waals surface area contributed by atoms with Crippen LogP contribution in [0.25, 0.3) is 0 Å². The summed E-state index contributed by atoms with van der Waals surface area (Å²) in [4.78, 5) is 0. The number of benzene rings is 1. The minimum atomic E-state index is -1.17. The number of hydrogen-bond acceptors (Lipinski definition) is 3. The van der Waals surface area contributed by atoms with Crippen molar-refractivity contribution in [3.8, 4) is 0 Å². The van der Waals surface area contributed by atoms with Gasteiger partial charge in [0, 0.05) is 6.04 Å². The maximum atomic E-state index is 8.82. The molecule has 0 radical (unpaired) electrons. The van der Waals surface area contributed by atoms with Crippen LogP contribution in [0.15, 0.2) is 18.2 Å². The van der Waals surface area contributed by atoms with Gasteiger partial charge in [-0.25, -0.2) is 0 Å². The van der Waals surface area contributed by atoms with Crippen LogP contribution in [-0.4, -0.2) is 30.3 Å². The van der Waals surface area contributed by atoms with Crippen molar-refractivity contribution in [2.75, 3.05) is 7.05 Å². The summed E-state index contributed by atoms with van der Waals surface area (Å²) in [7, 11) is 0.823. The van der Waals surface area contributed by atoms with E-state index in [0.717, 1.165) is 44.9 Å². The van der Waals surface area contributed by atoms with Crippen LogP contribution in [0.3, 0.4) is 0 Å². The average molecular weight is 346 g/mol. The molecule has 0 heterocycles. The Morgan fingerprint density at radius 3 is 2.32 bits per heavy atom. The fourth-order valence-corrected chi connectivity index (χ4v) is 2.89. The Labute approximate surface area is 144 Å². The molecule has 0 aromatic heterocycles. The molecule has 0 fully saturated rings. The molecule has 0 amide bonds. The summed E-state index contributed by atoms with van der Waals surface area (Å²) in [5, 5.41) is 22.2. The van der Waals surface area contributed by atoms with Crippen LogP contribution < -0.4 is 5.32 Å². The van der Waals surface area contributed by atoms with Crippen LogP contribution in [0, 0.1) is 0 Å². The molecule has 0 aliphatic heterocycles. The van der Waals surface area contributed by atoms with Crippen molar-refractivity contribution < 1.29 is 10.0 Å². The maximum absolute atomic E-state index is 8.82. The van der Waals surface area contributed by atoms with E-state index in [1.165, 1.54) is 5.56 Å². The Kier molecular flexibility index (Phi) is 10.2. The lowest BCUT2D eigenvalue weighted by Crippen LogP contribution is -2.25. The predicted octanol–water partition coefficient (Wildman–Crippen LogP) is 3.94. The Morgan fingerprint density at radius 2 is 1.73 bits per heavy atom. The lowest BCUT2D eigenvalue weighted by Gasteiger charge is -2.16. The first-order chi connectivity index (χ1) is 10.5. The van der Waals surface area contributed by atoms with Crippen molar-refractivity contribution in [2.24, 2.45) is 0 Å². The van der Waals surface area contributed by atoms with E-state index in [1.807, 2.05) is 25.2 Å². The Hall–Kier alpha value is -0.255. The summed E-state index contributed by atoms with van der Waals surface area (Å²) in [6.07, 6.45) is 7.88. The average Bonchev–Trinajstić information content (AvgIpc) is 2.48. The standard InChI is InChI=1S/C16H26BCl2NO2/c1-20-14(8-4-5-11-17(21)22)7-3-2-6-13-9-10-15(18)16(19)12-13/h9-10,12,14,20-22H,2-8,11H2,1H3. The van der Waals surface area contributed by atoms with Gasteiger partial charge in [0.1, 0.15) is 0 Å². The smallest absolute Gasteiger partial charge is 0.427 e. The summed E-state index contributed by atoms with van der Waals surface area (Å²) in [6, 6.07) is 6.33. The predicted molar refractivity (Wildman–Crippen MR) is 95.7 cm³/mol. The third-order valence-corrected chi connectivity index (χ3v) is 4.66. The molecule has 1 aromatic carbocycles. The van der Waals surface area contributed by atoms with E-state index in [1.54, 1.807) is 0 Å². The maximum Gasteiger partial charge on any atom is 0.451 e. The van der Waals surface area contributed by atoms with Crippen molar-refractivity contribution >= 4 is 30.3 Å². The molecule has 1 unspecified atom stereocenters. The van der Waals surface area contributed by atoms with E-state index < -0.39 is 7.12 Å². The molecule has 6 heteroatoms. The molecular weight excluding hydrogens is 320 g/mol. The SMILES string of the molecule is CNC(CCCCB(O)O)CCCCc1ccc(Cl)c(Cl)c1. The third-order valence-electron chi connectivity index (χ3n) is 3.93. The van der Waals surface area contributed by atoms with E-state index in [-0.39, 0.29) is 0 Å². The van der Waals surface area contributed by atoms with E-state index in [0.29, 0.717) is 22.4 Å². The second-order valence-corrected chi connectivity index (χ2v) is 6.56. The molecule has 3 nitrogen and oxygen atoms in total. The zero-order valence-corrected chi connectivity index (χ0v) is 14.7. The van der Waals surface area contributed by atoms with Crippen LogP contribution in [0.1, 0.15) is 44.1 Å². The van der Waals surface area contributed by atoms with Gasteiger partial charge in [-0.1, -0.05) is 48.5 Å². The van der Waals surface area contributed by atoms with Crippen molar-refractivity contribution in [1.82, 2.24) is 5.32 Å². The van der Waals surface area contributed by atoms with Crippen LogP contribution >= 0.6 is 23.2 Å². The zero-order valence-electron chi connectivity index (χ0n) is 13.2. The highest BCUT2D eigenvalue weighted by molar-refractivity contribution is 6.42. The normalized spacial score (nSPS) is 12.4. The molecule has 3 N–H and O–H groups in total. The molecule has 22 heavy (non-hydrogen) atoms. The molecule has 0 spiro atoms. The Morgan fingerprint density at radius 1 is 1.05 bits per heavy atom. The largest absolute Gasteiger partial charge is 0.451 e. The summed E-state index contributed by atoms with van der Waals surface area (Å²) >= 11 is 11.9. The van der Waals surface area contributed by atoms with Gasteiger partial charge in [-0.3, -0.25) is 0 Å². The molecule has 0 aliphatic rings. The summed E-state index contributed by atoms with van der Waals surface area (Å²) < 4.78 is 0. The summed E-state index contributed by atoms with van der Waals surface area (Å²) in [6.45, 7) is 0. The number of hydrogen-bond donors (Lipinski definition) is 3. The summed E-state index contributed by atoms with van der Waals surface area (Å²) in [5.41, 5.74) is 1.23. The number of halogens is 2. The zero-order chi connectivity index (χ0) is 16.4. The molecular formula is C16H26BCl2NO2. The number of aryl methyl sites for hydroxylation is 1. The fraction of sp³-hybridized carbons (Fsp3) is 0.625. The van der Waals surface area contributed by atoms with Crippen molar-refractivity contribution in [2.45, 2.75) is 57.3 Å². The second-order valence-electron chi connectivity index (χ2n) is 5.74. The topological polar surface area (TPSA) is 52.5 Å². The highest BCUT2D eigenvalue weighted by Gasteiger charge is 2.09. The van der Waals surface area contributed by atoms with Gasteiger partial charge in [0.2, 0.25) is 0 Å². The van der Waals surface area contributed by atoms with Crippen molar-refractivity contribution in [3.63, 3.8) is 0 Å². The first kappa shape index (κ1) is 19.8. The highest BCUT2D eigenvalue weighted by Crippen LogP contribution is 2.23. The van der Waals surface area contributed by atoms with Crippen LogP contribution in [0.5, 0.6) is 0 Å². The second kappa shape index (κ2) is 11.3. The minimum Gasteiger partial charge on any atom is -0.427 e. The first-order valence-electron chi connectivity index (χ1n) is 8.00. The Balaban J connectivity index is 2.16. The third kappa shape index (κ3) is 8.40. The van der Waals surface area contributed by atoms with E-state index in [2.05, 4.69) is 5.32 Å². The van der Waals surface area contributed by atoms with E-state index in [4.69, 9.17) is 33.2 Å². The molecule has 0 saturated heterocycles. The quantitative estimate of drug-likeness (QED) is 0.420. The molecule has 1 aromatic rings. The number of rotatable bonds is 11. The highest BCUT2D eigenvalue weighted by atomic mass is 35.5. The molecule has 1 atom stereocenters. The van der Waals surface area contributed by atoms with Gasteiger partial charge in [-0.2, -0.15) is 0 Å². The minimum absolute atomic E-state index is 0.466.